The number of benzene rings is 1. The van der Waals surface area contributed by atoms with Crippen molar-refractivity contribution in [1.82, 2.24) is 15.5 Å². The number of rotatable bonds is 9. The number of hydrogen-bond donors (Lipinski definition) is 3. The Morgan fingerprint density at radius 1 is 1.09 bits per heavy atom. The zero-order valence-corrected chi connectivity index (χ0v) is 22.2. The lowest BCUT2D eigenvalue weighted by molar-refractivity contribution is -0.143. The Labute approximate surface area is 204 Å². The topological polar surface area (TPSA) is 108 Å². The van der Waals surface area contributed by atoms with Gasteiger partial charge in [-0.1, -0.05) is 38.0 Å². The molecule has 0 saturated heterocycles. The molecule has 1 aromatic carbocycles. The molecule has 0 aliphatic rings. The van der Waals surface area contributed by atoms with Crippen molar-refractivity contribution in [3.05, 3.63) is 29.3 Å². The lowest BCUT2D eigenvalue weighted by Gasteiger charge is -2.35. The number of hydrogen-bond acceptors (Lipinski definition) is 5. The number of carbonyl (C=O) groups is 3. The van der Waals surface area contributed by atoms with Gasteiger partial charge in [-0.05, 0) is 67.4 Å². The minimum absolute atomic E-state index is 0.0300. The number of aryl methyl sites for hydroxylation is 1. The largest absolute Gasteiger partial charge is 0.507 e. The van der Waals surface area contributed by atoms with Crippen molar-refractivity contribution in [3.8, 4) is 5.75 Å². The number of amides is 3. The highest BCUT2D eigenvalue weighted by molar-refractivity contribution is 5.92. The predicted octanol–water partition coefficient (Wildman–Crippen LogP) is 4.59. The molecule has 0 aromatic heterocycles. The molecule has 34 heavy (non-hydrogen) atoms. The normalized spacial score (nSPS) is 13.6. The van der Waals surface area contributed by atoms with Crippen LogP contribution in [0.15, 0.2) is 18.2 Å². The molecule has 1 rings (SSSR count). The maximum Gasteiger partial charge on any atom is 0.408 e. The van der Waals surface area contributed by atoms with Gasteiger partial charge in [0, 0.05) is 17.6 Å². The van der Waals surface area contributed by atoms with Gasteiger partial charge >= 0.3 is 6.09 Å². The Bertz CT molecular complexity index is 855. The summed E-state index contributed by atoms with van der Waals surface area (Å²) in [5, 5.41) is 16.3. The molecule has 3 N–H and O–H groups in total. The molecule has 3 amide bonds. The molecule has 2 unspecified atom stereocenters. The van der Waals surface area contributed by atoms with Crippen LogP contribution in [0.2, 0.25) is 0 Å². The Balaban J connectivity index is 3.43. The van der Waals surface area contributed by atoms with Gasteiger partial charge in [0.2, 0.25) is 11.8 Å². The molecule has 0 fully saturated rings. The first-order chi connectivity index (χ1) is 15.6. The zero-order chi connectivity index (χ0) is 26.3. The summed E-state index contributed by atoms with van der Waals surface area (Å²) in [6, 6.07) is 3.15. The van der Waals surface area contributed by atoms with Gasteiger partial charge < -0.3 is 25.4 Å². The van der Waals surface area contributed by atoms with Crippen molar-refractivity contribution in [2.24, 2.45) is 0 Å². The van der Waals surface area contributed by atoms with E-state index in [1.165, 1.54) is 4.90 Å². The second-order valence-corrected chi connectivity index (χ2v) is 10.8. The van der Waals surface area contributed by atoms with Crippen LogP contribution in [0.3, 0.4) is 0 Å². The minimum Gasteiger partial charge on any atom is -0.507 e. The highest BCUT2D eigenvalue weighted by Gasteiger charge is 2.37. The number of nitrogens with one attached hydrogen (secondary N) is 2. The van der Waals surface area contributed by atoms with E-state index < -0.39 is 41.1 Å². The Hall–Kier alpha value is -2.77. The average molecular weight is 478 g/mol. The number of alkyl carbamates (subject to hydrolysis) is 1. The summed E-state index contributed by atoms with van der Waals surface area (Å²) in [7, 11) is 0. The summed E-state index contributed by atoms with van der Waals surface area (Å²) in [6.45, 7) is 16.4. The Morgan fingerprint density at radius 3 is 2.24 bits per heavy atom. The van der Waals surface area contributed by atoms with E-state index in [1.54, 1.807) is 52.8 Å². The highest BCUT2D eigenvalue weighted by Crippen LogP contribution is 2.33. The maximum absolute atomic E-state index is 13.6. The van der Waals surface area contributed by atoms with Gasteiger partial charge in [0.05, 0.1) is 0 Å². The van der Waals surface area contributed by atoms with Crippen molar-refractivity contribution in [2.45, 2.75) is 105 Å². The molecule has 0 aliphatic heterocycles. The van der Waals surface area contributed by atoms with Crippen molar-refractivity contribution < 1.29 is 24.2 Å². The van der Waals surface area contributed by atoms with Crippen LogP contribution >= 0.6 is 0 Å². The average Bonchev–Trinajstić information content (AvgIpc) is 2.66. The van der Waals surface area contributed by atoms with Crippen LogP contribution in [0.5, 0.6) is 5.75 Å². The number of phenolic OH excluding ortho intramolecular Hbond substituents is 1. The second kappa shape index (κ2) is 12.1. The van der Waals surface area contributed by atoms with Crippen molar-refractivity contribution in [2.75, 3.05) is 6.54 Å². The first-order valence-electron chi connectivity index (χ1n) is 12.0. The third-order valence-electron chi connectivity index (χ3n) is 5.01. The van der Waals surface area contributed by atoms with Crippen LogP contribution in [0, 0.1) is 6.92 Å². The second-order valence-electron chi connectivity index (χ2n) is 10.8. The number of nitrogens with zero attached hydrogens (tertiary/aromatic N) is 1. The predicted molar refractivity (Wildman–Crippen MR) is 134 cm³/mol. The molecule has 1 aromatic rings. The van der Waals surface area contributed by atoms with Crippen LogP contribution in [0.1, 0.15) is 91.8 Å². The number of para-hydroxylation sites is 1. The number of aromatic hydroxyl groups is 1. The van der Waals surface area contributed by atoms with E-state index >= 15 is 0 Å². The third-order valence-corrected chi connectivity index (χ3v) is 5.01. The van der Waals surface area contributed by atoms with E-state index in [2.05, 4.69) is 17.6 Å². The first-order valence-corrected chi connectivity index (χ1v) is 12.0. The lowest BCUT2D eigenvalue weighted by atomic mass is 9.97. The summed E-state index contributed by atoms with van der Waals surface area (Å²) < 4.78 is 5.29. The molecule has 0 bridgehead atoms. The number of unbranched alkanes of at least 4 members (excludes halogenated alkanes) is 2. The van der Waals surface area contributed by atoms with Crippen LogP contribution in [-0.4, -0.2) is 51.6 Å². The van der Waals surface area contributed by atoms with E-state index in [9.17, 15) is 19.5 Å². The van der Waals surface area contributed by atoms with Crippen molar-refractivity contribution >= 4 is 17.9 Å². The molecule has 0 saturated carbocycles. The van der Waals surface area contributed by atoms with Gasteiger partial charge in [0.15, 0.2) is 0 Å². The van der Waals surface area contributed by atoms with Crippen LogP contribution in [-0.2, 0) is 14.3 Å². The van der Waals surface area contributed by atoms with E-state index in [0.717, 1.165) is 12.8 Å². The molecule has 2 atom stereocenters. The molecule has 0 radical (unpaired) electrons. The van der Waals surface area contributed by atoms with E-state index in [0.29, 0.717) is 24.1 Å². The summed E-state index contributed by atoms with van der Waals surface area (Å²) >= 11 is 0. The summed E-state index contributed by atoms with van der Waals surface area (Å²) in [4.78, 5) is 40.9. The zero-order valence-electron chi connectivity index (χ0n) is 22.2. The fraction of sp³-hybridized carbons (Fsp3) is 0.654. The summed E-state index contributed by atoms with van der Waals surface area (Å²) in [6.07, 6.45) is 1.76. The molecule has 0 heterocycles. The number of ether oxygens (including phenoxy) is 1. The maximum atomic E-state index is 13.6. The van der Waals surface area contributed by atoms with Crippen LogP contribution in [0.4, 0.5) is 4.79 Å². The lowest BCUT2D eigenvalue weighted by Crippen LogP contribution is -2.54. The Kier molecular flexibility index (Phi) is 10.4. The first kappa shape index (κ1) is 29.3. The molecule has 0 aliphatic carbocycles. The van der Waals surface area contributed by atoms with E-state index in [4.69, 9.17) is 4.74 Å². The van der Waals surface area contributed by atoms with Gasteiger partial charge in [-0.2, -0.15) is 0 Å². The third kappa shape index (κ3) is 9.23. The van der Waals surface area contributed by atoms with Crippen molar-refractivity contribution in [1.29, 1.82) is 0 Å². The quantitative estimate of drug-likeness (QED) is 0.451. The van der Waals surface area contributed by atoms with E-state index in [1.807, 2.05) is 20.8 Å². The Morgan fingerprint density at radius 2 is 1.71 bits per heavy atom. The molecule has 8 heteroatoms. The number of carbonyl (C=O) groups excluding carboxylic acids is 3. The summed E-state index contributed by atoms with van der Waals surface area (Å²) in [5.41, 5.74) is -0.313. The SMILES string of the molecule is CCCCCN(C(=O)C(C)NC(=O)OC(C)(C)C)C(C(=O)NC(C)(C)C)c1cccc(C)c1O. The molecule has 0 spiro atoms. The van der Waals surface area contributed by atoms with Crippen LogP contribution in [0.25, 0.3) is 0 Å². The minimum atomic E-state index is -1.06. The molecular formula is C26H43N3O5. The van der Waals surface area contributed by atoms with Gasteiger partial charge in [-0.25, -0.2) is 4.79 Å². The molecule has 192 valence electrons. The smallest absolute Gasteiger partial charge is 0.408 e. The number of phenols is 1. The fourth-order valence-electron chi connectivity index (χ4n) is 3.48. The fourth-order valence-corrected chi connectivity index (χ4v) is 3.48. The van der Waals surface area contributed by atoms with Gasteiger partial charge in [0.1, 0.15) is 23.4 Å². The van der Waals surface area contributed by atoms with Gasteiger partial charge in [-0.3, -0.25) is 9.59 Å². The van der Waals surface area contributed by atoms with Crippen LogP contribution < -0.4 is 10.6 Å². The monoisotopic (exact) mass is 477 g/mol. The van der Waals surface area contributed by atoms with Gasteiger partial charge in [-0.15, -0.1) is 0 Å². The highest BCUT2D eigenvalue weighted by atomic mass is 16.6. The molecular weight excluding hydrogens is 434 g/mol. The van der Waals surface area contributed by atoms with Crippen molar-refractivity contribution in [3.63, 3.8) is 0 Å². The standard InChI is InChI=1S/C26H43N3O5/c1-10-11-12-16-29(23(32)18(3)27-24(33)34-26(7,8)9)20(22(31)28-25(4,5)6)19-15-13-14-17(2)21(19)30/h13-15,18,20,30H,10-12,16H2,1-9H3,(H,27,33)(H,28,31). The molecule has 8 nitrogen and oxygen atoms in total. The van der Waals surface area contributed by atoms with Gasteiger partial charge in [0.25, 0.3) is 0 Å². The summed E-state index contributed by atoms with van der Waals surface area (Å²) in [5.74, 6) is -0.864. The van der Waals surface area contributed by atoms with E-state index in [-0.39, 0.29) is 5.75 Å².